The van der Waals surface area contributed by atoms with Gasteiger partial charge in [0.15, 0.2) is 11.6 Å². The van der Waals surface area contributed by atoms with Crippen LogP contribution in [0.2, 0.25) is 0 Å². The third kappa shape index (κ3) is 2.78. The largest absolute Gasteiger partial charge is 0.490 e. The van der Waals surface area contributed by atoms with Gasteiger partial charge in [0.25, 0.3) is 0 Å². The molecule has 20 heavy (non-hydrogen) atoms. The molecule has 1 N–H and O–H groups in total. The van der Waals surface area contributed by atoms with Crippen LogP contribution in [-0.4, -0.2) is 63.1 Å². The fourth-order valence-corrected chi connectivity index (χ4v) is 2.44. The van der Waals surface area contributed by atoms with E-state index in [4.69, 9.17) is 14.2 Å². The molecule has 7 heteroatoms. The van der Waals surface area contributed by atoms with Gasteiger partial charge in [0.05, 0.1) is 7.11 Å². The maximum atomic E-state index is 5.47. The maximum Gasteiger partial charge on any atom is 0.204 e. The summed E-state index contributed by atoms with van der Waals surface area (Å²) in [5.74, 6) is 2.12. The lowest BCUT2D eigenvalue weighted by Crippen LogP contribution is -2.27. The van der Waals surface area contributed by atoms with Gasteiger partial charge in [-0.05, 0) is 6.92 Å². The predicted molar refractivity (Wildman–Crippen MR) is 76.6 cm³/mol. The molecule has 1 aliphatic heterocycles. The molecule has 2 heterocycles. The highest BCUT2D eigenvalue weighted by atomic mass is 16.5. The van der Waals surface area contributed by atoms with Gasteiger partial charge in [-0.3, -0.25) is 0 Å². The molecule has 2 rings (SSSR count). The summed E-state index contributed by atoms with van der Waals surface area (Å²) < 4.78 is 16.4. The average Bonchev–Trinajstić information content (AvgIpc) is 2.90. The molecule has 0 aromatic carbocycles. The maximum absolute atomic E-state index is 5.47. The number of aromatic nitrogens is 2. The topological polar surface area (TPSA) is 68.7 Å². The van der Waals surface area contributed by atoms with E-state index < -0.39 is 0 Å². The van der Waals surface area contributed by atoms with Crippen LogP contribution in [0.25, 0.3) is 0 Å². The minimum Gasteiger partial charge on any atom is -0.490 e. The van der Waals surface area contributed by atoms with E-state index in [1.807, 2.05) is 6.92 Å². The summed E-state index contributed by atoms with van der Waals surface area (Å²) in [5.41, 5.74) is 0. The Bertz CT molecular complexity index is 432. The van der Waals surface area contributed by atoms with Crippen LogP contribution in [-0.2, 0) is 9.47 Å². The first-order chi connectivity index (χ1) is 9.74. The fourth-order valence-electron chi connectivity index (χ4n) is 2.44. The fraction of sp³-hybridized carbons (Fsp3) is 0.692. The normalized spacial score (nSPS) is 22.1. The van der Waals surface area contributed by atoms with Gasteiger partial charge in [-0.1, -0.05) is 0 Å². The van der Waals surface area contributed by atoms with Crippen LogP contribution >= 0.6 is 0 Å². The number of methoxy groups -OCH3 is 3. The first kappa shape index (κ1) is 14.8. The molecule has 0 radical (unpaired) electrons. The lowest BCUT2D eigenvalue weighted by atomic mass is 10.3. The van der Waals surface area contributed by atoms with E-state index in [1.54, 1.807) is 21.3 Å². The van der Waals surface area contributed by atoms with Gasteiger partial charge < -0.3 is 24.4 Å². The SMILES string of the molecule is CCNc1ncnc(N2CC(OC)C(OC)C2)c1OC. The van der Waals surface area contributed by atoms with E-state index in [0.717, 1.165) is 12.4 Å². The van der Waals surface area contributed by atoms with E-state index >= 15 is 0 Å². The Morgan fingerprint density at radius 1 is 1.20 bits per heavy atom. The molecule has 0 saturated carbocycles. The molecule has 7 nitrogen and oxygen atoms in total. The smallest absolute Gasteiger partial charge is 0.204 e. The first-order valence-electron chi connectivity index (χ1n) is 6.68. The molecule has 1 fully saturated rings. The van der Waals surface area contributed by atoms with Gasteiger partial charge in [-0.15, -0.1) is 0 Å². The molecule has 1 saturated heterocycles. The summed E-state index contributed by atoms with van der Waals surface area (Å²) in [5, 5.41) is 3.18. The zero-order valence-corrected chi connectivity index (χ0v) is 12.4. The van der Waals surface area contributed by atoms with Crippen LogP contribution in [0.4, 0.5) is 11.6 Å². The summed E-state index contributed by atoms with van der Waals surface area (Å²) in [6.45, 7) is 4.22. The molecule has 1 aromatic rings. The number of nitrogens with zero attached hydrogens (tertiary/aromatic N) is 3. The average molecular weight is 282 g/mol. The summed E-state index contributed by atoms with van der Waals surface area (Å²) >= 11 is 0. The summed E-state index contributed by atoms with van der Waals surface area (Å²) in [4.78, 5) is 10.7. The van der Waals surface area contributed by atoms with Gasteiger partial charge in [-0.2, -0.15) is 0 Å². The Hall–Kier alpha value is -1.60. The van der Waals surface area contributed by atoms with Crippen molar-refractivity contribution in [3.63, 3.8) is 0 Å². The van der Waals surface area contributed by atoms with Gasteiger partial charge in [-0.25, -0.2) is 9.97 Å². The van der Waals surface area contributed by atoms with Gasteiger partial charge in [0.2, 0.25) is 5.75 Å². The van der Waals surface area contributed by atoms with Crippen molar-refractivity contribution in [1.82, 2.24) is 9.97 Å². The van der Waals surface area contributed by atoms with E-state index in [-0.39, 0.29) is 12.2 Å². The molecular weight excluding hydrogens is 260 g/mol. The van der Waals surface area contributed by atoms with Gasteiger partial charge in [0, 0.05) is 33.9 Å². The number of anilines is 2. The zero-order chi connectivity index (χ0) is 14.5. The Balaban J connectivity index is 2.27. The van der Waals surface area contributed by atoms with E-state index in [2.05, 4.69) is 20.2 Å². The highest BCUT2D eigenvalue weighted by Gasteiger charge is 2.35. The van der Waals surface area contributed by atoms with E-state index in [0.29, 0.717) is 24.7 Å². The van der Waals surface area contributed by atoms with Crippen LogP contribution in [0.15, 0.2) is 6.33 Å². The molecule has 0 aliphatic carbocycles. The molecule has 0 amide bonds. The van der Waals surface area contributed by atoms with Crippen LogP contribution in [0.1, 0.15) is 6.92 Å². The summed E-state index contributed by atoms with van der Waals surface area (Å²) in [6, 6.07) is 0. The Morgan fingerprint density at radius 3 is 2.35 bits per heavy atom. The lowest BCUT2D eigenvalue weighted by Gasteiger charge is -2.20. The summed E-state index contributed by atoms with van der Waals surface area (Å²) in [7, 11) is 5.02. The second kappa shape index (κ2) is 6.71. The van der Waals surface area contributed by atoms with E-state index in [1.165, 1.54) is 6.33 Å². The minimum atomic E-state index is 0.0299. The predicted octanol–water partition coefficient (Wildman–Crippen LogP) is 0.767. The molecule has 2 unspecified atom stereocenters. The van der Waals surface area contributed by atoms with Crippen LogP contribution in [0.3, 0.4) is 0 Å². The van der Waals surface area contributed by atoms with Crippen molar-refractivity contribution < 1.29 is 14.2 Å². The zero-order valence-electron chi connectivity index (χ0n) is 12.4. The van der Waals surface area contributed by atoms with Crippen molar-refractivity contribution in [3.05, 3.63) is 6.33 Å². The summed E-state index contributed by atoms with van der Waals surface area (Å²) in [6.07, 6.45) is 1.60. The van der Waals surface area contributed by atoms with Gasteiger partial charge in [0.1, 0.15) is 18.5 Å². The van der Waals surface area contributed by atoms with E-state index in [9.17, 15) is 0 Å². The van der Waals surface area contributed by atoms with Gasteiger partial charge >= 0.3 is 0 Å². The molecule has 112 valence electrons. The number of ether oxygens (including phenoxy) is 3. The van der Waals surface area contributed by atoms with Crippen molar-refractivity contribution in [2.45, 2.75) is 19.1 Å². The van der Waals surface area contributed by atoms with Crippen molar-refractivity contribution in [2.75, 3.05) is 51.2 Å². The molecule has 1 aliphatic rings. The molecule has 0 bridgehead atoms. The standard InChI is InChI=1S/C13H22N4O3/c1-5-14-12-11(20-4)13(16-8-15-12)17-6-9(18-2)10(7-17)19-3/h8-10H,5-7H2,1-4H3,(H,14,15,16). The Labute approximate surface area is 119 Å². The molecular formula is C13H22N4O3. The quantitative estimate of drug-likeness (QED) is 0.826. The molecule has 2 atom stereocenters. The first-order valence-corrected chi connectivity index (χ1v) is 6.68. The number of hydrogen-bond acceptors (Lipinski definition) is 7. The molecule has 0 spiro atoms. The third-order valence-electron chi connectivity index (χ3n) is 3.45. The highest BCUT2D eigenvalue weighted by molar-refractivity contribution is 5.65. The molecule has 1 aromatic heterocycles. The number of rotatable bonds is 6. The Kier molecular flexibility index (Phi) is 4.97. The van der Waals surface area contributed by atoms with Crippen molar-refractivity contribution in [1.29, 1.82) is 0 Å². The van der Waals surface area contributed by atoms with Crippen LogP contribution in [0.5, 0.6) is 5.75 Å². The van der Waals surface area contributed by atoms with Crippen LogP contribution in [0, 0.1) is 0 Å². The minimum absolute atomic E-state index is 0.0299. The van der Waals surface area contributed by atoms with Crippen molar-refractivity contribution in [3.8, 4) is 5.75 Å². The lowest BCUT2D eigenvalue weighted by molar-refractivity contribution is -0.00461. The monoisotopic (exact) mass is 282 g/mol. The van der Waals surface area contributed by atoms with Crippen molar-refractivity contribution in [2.24, 2.45) is 0 Å². The third-order valence-corrected chi connectivity index (χ3v) is 3.45. The number of hydrogen-bond donors (Lipinski definition) is 1. The second-order valence-corrected chi connectivity index (χ2v) is 4.56. The Morgan fingerprint density at radius 2 is 1.85 bits per heavy atom. The highest BCUT2D eigenvalue weighted by Crippen LogP contribution is 2.34. The number of nitrogens with one attached hydrogen (secondary N) is 1. The van der Waals surface area contributed by atoms with Crippen LogP contribution < -0.4 is 15.0 Å². The van der Waals surface area contributed by atoms with Crippen molar-refractivity contribution >= 4 is 11.6 Å². The second-order valence-electron chi connectivity index (χ2n) is 4.56.